The van der Waals surface area contributed by atoms with Crippen molar-refractivity contribution in [2.24, 2.45) is 5.73 Å². The number of carbonyl (C=O) groups excluding carboxylic acids is 1. The molecular formula is C14H12N6O. The van der Waals surface area contributed by atoms with Crippen LogP contribution in [0.2, 0.25) is 0 Å². The Morgan fingerprint density at radius 3 is 2.71 bits per heavy atom. The number of hydrogen-bond donors (Lipinski definition) is 1. The first-order valence-electron chi connectivity index (χ1n) is 6.26. The van der Waals surface area contributed by atoms with Crippen molar-refractivity contribution in [3.05, 3.63) is 54.2 Å². The Balaban J connectivity index is 2.06. The number of amides is 1. The third kappa shape index (κ3) is 2.36. The van der Waals surface area contributed by atoms with Gasteiger partial charge in [0.2, 0.25) is 5.82 Å². The van der Waals surface area contributed by atoms with E-state index in [-0.39, 0.29) is 5.82 Å². The number of nitrogens with zero attached hydrogens (tertiary/aromatic N) is 5. The quantitative estimate of drug-likeness (QED) is 0.775. The summed E-state index contributed by atoms with van der Waals surface area (Å²) in [6.07, 6.45) is 4.80. The Hall–Kier alpha value is -3.09. The third-order valence-electron chi connectivity index (χ3n) is 2.99. The zero-order chi connectivity index (χ0) is 14.8. The minimum Gasteiger partial charge on any atom is -0.363 e. The van der Waals surface area contributed by atoms with Crippen molar-refractivity contribution < 1.29 is 4.79 Å². The van der Waals surface area contributed by atoms with Crippen molar-refractivity contribution >= 4 is 5.91 Å². The van der Waals surface area contributed by atoms with Gasteiger partial charge >= 0.3 is 0 Å². The highest BCUT2D eigenvalue weighted by Gasteiger charge is 2.13. The molecule has 3 heterocycles. The summed E-state index contributed by atoms with van der Waals surface area (Å²) in [7, 11) is 0. The molecule has 0 spiro atoms. The van der Waals surface area contributed by atoms with Crippen molar-refractivity contribution in [1.29, 1.82) is 0 Å². The lowest BCUT2D eigenvalue weighted by atomic mass is 10.1. The molecule has 0 bridgehead atoms. The van der Waals surface area contributed by atoms with Crippen molar-refractivity contribution in [2.75, 3.05) is 0 Å². The monoisotopic (exact) mass is 280 g/mol. The van der Waals surface area contributed by atoms with Gasteiger partial charge in [0, 0.05) is 18.6 Å². The maximum Gasteiger partial charge on any atom is 0.285 e. The van der Waals surface area contributed by atoms with Gasteiger partial charge in [-0.2, -0.15) is 0 Å². The first-order chi connectivity index (χ1) is 10.2. The van der Waals surface area contributed by atoms with Gasteiger partial charge in [-0.1, -0.05) is 6.07 Å². The van der Waals surface area contributed by atoms with Crippen molar-refractivity contribution in [1.82, 2.24) is 24.7 Å². The SMILES string of the molecule is Cc1cc(-n2ccnc2C(N)=O)nnc1-c1ccccn1. The van der Waals surface area contributed by atoms with Crippen LogP contribution in [0.5, 0.6) is 0 Å². The van der Waals surface area contributed by atoms with E-state index in [1.807, 2.05) is 31.2 Å². The normalized spacial score (nSPS) is 10.5. The molecule has 0 unspecified atom stereocenters. The van der Waals surface area contributed by atoms with Crippen LogP contribution in [0.4, 0.5) is 0 Å². The molecular weight excluding hydrogens is 268 g/mol. The van der Waals surface area contributed by atoms with Crippen LogP contribution >= 0.6 is 0 Å². The number of rotatable bonds is 3. The lowest BCUT2D eigenvalue weighted by molar-refractivity contribution is 0.0989. The first kappa shape index (κ1) is 12.9. The molecule has 0 atom stereocenters. The molecule has 2 N–H and O–H groups in total. The molecule has 3 rings (SSSR count). The summed E-state index contributed by atoms with van der Waals surface area (Å²) in [6.45, 7) is 1.91. The van der Waals surface area contributed by atoms with E-state index in [1.165, 1.54) is 10.8 Å². The lowest BCUT2D eigenvalue weighted by Crippen LogP contribution is -2.18. The van der Waals surface area contributed by atoms with Crippen LogP contribution in [-0.2, 0) is 0 Å². The molecule has 3 aromatic heterocycles. The van der Waals surface area contributed by atoms with Gasteiger partial charge in [-0.05, 0) is 30.7 Å². The molecule has 0 saturated heterocycles. The predicted octanol–water partition coefficient (Wildman–Crippen LogP) is 1.13. The second-order valence-electron chi connectivity index (χ2n) is 4.43. The van der Waals surface area contributed by atoms with Gasteiger partial charge in [-0.25, -0.2) is 4.98 Å². The van der Waals surface area contributed by atoms with Gasteiger partial charge in [0.15, 0.2) is 5.82 Å². The molecule has 0 fully saturated rings. The molecule has 104 valence electrons. The van der Waals surface area contributed by atoms with E-state index in [2.05, 4.69) is 20.2 Å². The van der Waals surface area contributed by atoms with Crippen LogP contribution in [0.1, 0.15) is 16.2 Å². The maximum absolute atomic E-state index is 11.3. The van der Waals surface area contributed by atoms with Gasteiger partial charge in [-0.3, -0.25) is 14.3 Å². The summed E-state index contributed by atoms with van der Waals surface area (Å²) >= 11 is 0. The fraction of sp³-hybridized carbons (Fsp3) is 0.0714. The second kappa shape index (κ2) is 5.12. The summed E-state index contributed by atoms with van der Waals surface area (Å²) < 4.78 is 1.50. The Bertz CT molecular complexity index is 796. The Morgan fingerprint density at radius 2 is 2.05 bits per heavy atom. The number of nitrogens with two attached hydrogens (primary N) is 1. The summed E-state index contributed by atoms with van der Waals surface area (Å²) in [5.41, 5.74) is 7.61. The number of aryl methyl sites for hydroxylation is 1. The standard InChI is InChI=1S/C14H12N6O/c1-9-8-11(20-7-6-17-14(20)13(15)21)18-19-12(9)10-4-2-3-5-16-10/h2-8H,1H3,(H2,15,21). The van der Waals surface area contributed by atoms with E-state index in [1.54, 1.807) is 12.4 Å². The van der Waals surface area contributed by atoms with Crippen LogP contribution < -0.4 is 5.73 Å². The lowest BCUT2D eigenvalue weighted by Gasteiger charge is -2.07. The van der Waals surface area contributed by atoms with E-state index in [0.717, 1.165) is 11.3 Å². The third-order valence-corrected chi connectivity index (χ3v) is 2.99. The highest BCUT2D eigenvalue weighted by molar-refractivity contribution is 5.89. The highest BCUT2D eigenvalue weighted by atomic mass is 16.1. The van der Waals surface area contributed by atoms with Gasteiger partial charge in [0.1, 0.15) is 5.69 Å². The first-order valence-corrected chi connectivity index (χ1v) is 6.26. The van der Waals surface area contributed by atoms with Crippen LogP contribution in [0.25, 0.3) is 17.2 Å². The molecule has 21 heavy (non-hydrogen) atoms. The Morgan fingerprint density at radius 1 is 1.19 bits per heavy atom. The molecule has 0 aliphatic rings. The molecule has 0 aliphatic heterocycles. The zero-order valence-corrected chi connectivity index (χ0v) is 11.3. The predicted molar refractivity (Wildman–Crippen MR) is 75.6 cm³/mol. The molecule has 0 radical (unpaired) electrons. The molecule has 1 amide bonds. The molecule has 7 heteroatoms. The molecule has 3 aromatic rings. The largest absolute Gasteiger partial charge is 0.363 e. The number of aromatic nitrogens is 5. The Labute approximate surface area is 120 Å². The average Bonchev–Trinajstić information content (AvgIpc) is 2.97. The highest BCUT2D eigenvalue weighted by Crippen LogP contribution is 2.19. The van der Waals surface area contributed by atoms with Crippen molar-refractivity contribution in [3.63, 3.8) is 0 Å². The number of imidazole rings is 1. The number of primary amides is 1. The number of hydrogen-bond acceptors (Lipinski definition) is 5. The van der Waals surface area contributed by atoms with Gasteiger partial charge in [0.25, 0.3) is 5.91 Å². The summed E-state index contributed by atoms with van der Waals surface area (Å²) in [5.74, 6) is -0.0129. The van der Waals surface area contributed by atoms with E-state index in [9.17, 15) is 4.79 Å². The van der Waals surface area contributed by atoms with E-state index < -0.39 is 5.91 Å². The number of carbonyl (C=O) groups is 1. The minimum absolute atomic E-state index is 0.120. The zero-order valence-electron chi connectivity index (χ0n) is 11.3. The van der Waals surface area contributed by atoms with E-state index in [0.29, 0.717) is 11.5 Å². The van der Waals surface area contributed by atoms with Crippen LogP contribution in [0.3, 0.4) is 0 Å². The van der Waals surface area contributed by atoms with E-state index >= 15 is 0 Å². The minimum atomic E-state index is -0.617. The number of pyridine rings is 1. The summed E-state index contributed by atoms with van der Waals surface area (Å²) in [6, 6.07) is 7.40. The Kier molecular flexibility index (Phi) is 3.15. The molecule has 0 aromatic carbocycles. The van der Waals surface area contributed by atoms with Crippen molar-refractivity contribution in [3.8, 4) is 17.2 Å². The molecule has 0 aliphatic carbocycles. The van der Waals surface area contributed by atoms with Crippen LogP contribution in [0.15, 0.2) is 42.9 Å². The van der Waals surface area contributed by atoms with Gasteiger partial charge in [-0.15, -0.1) is 10.2 Å². The van der Waals surface area contributed by atoms with E-state index in [4.69, 9.17) is 5.73 Å². The molecule has 0 saturated carbocycles. The maximum atomic E-state index is 11.3. The van der Waals surface area contributed by atoms with Crippen molar-refractivity contribution in [2.45, 2.75) is 6.92 Å². The topological polar surface area (TPSA) is 99.6 Å². The molecule has 7 nitrogen and oxygen atoms in total. The summed E-state index contributed by atoms with van der Waals surface area (Å²) in [4.78, 5) is 19.5. The second-order valence-corrected chi connectivity index (χ2v) is 4.43. The van der Waals surface area contributed by atoms with Gasteiger partial charge in [0.05, 0.1) is 5.69 Å². The fourth-order valence-corrected chi connectivity index (χ4v) is 2.02. The van der Waals surface area contributed by atoms with Crippen LogP contribution in [0, 0.1) is 6.92 Å². The fourth-order valence-electron chi connectivity index (χ4n) is 2.02. The van der Waals surface area contributed by atoms with Gasteiger partial charge < -0.3 is 5.73 Å². The summed E-state index contributed by atoms with van der Waals surface area (Å²) in [5, 5.41) is 8.32. The average molecular weight is 280 g/mol. The smallest absolute Gasteiger partial charge is 0.285 e. The van der Waals surface area contributed by atoms with Crippen LogP contribution in [-0.4, -0.2) is 30.6 Å².